The molecule has 5 nitrogen and oxygen atoms in total. The number of hydrogen-bond acceptors (Lipinski definition) is 4. The molecule has 2 rings (SSSR count). The Morgan fingerprint density at radius 1 is 1.35 bits per heavy atom. The van der Waals surface area contributed by atoms with Gasteiger partial charge in [0.05, 0.1) is 19.7 Å². The van der Waals surface area contributed by atoms with Crippen LogP contribution in [-0.4, -0.2) is 43.4 Å². The van der Waals surface area contributed by atoms with E-state index in [2.05, 4.69) is 5.32 Å². The van der Waals surface area contributed by atoms with Gasteiger partial charge >= 0.3 is 5.97 Å². The smallest absolute Gasteiger partial charge is 0.314 e. The predicted molar refractivity (Wildman–Crippen MR) is 96.4 cm³/mol. The predicted octanol–water partition coefficient (Wildman–Crippen LogP) is 2.19. The van der Waals surface area contributed by atoms with Crippen molar-refractivity contribution in [3.8, 4) is 0 Å². The first-order chi connectivity index (χ1) is 12.4. The van der Waals surface area contributed by atoms with Crippen molar-refractivity contribution in [1.29, 1.82) is 0 Å². The second kappa shape index (κ2) is 9.87. The molecule has 26 heavy (non-hydrogen) atoms. The minimum absolute atomic E-state index is 0.154. The number of rotatable bonds is 7. The van der Waals surface area contributed by atoms with Gasteiger partial charge in [0, 0.05) is 10.6 Å². The van der Waals surface area contributed by atoms with Crippen molar-refractivity contribution in [2.75, 3.05) is 25.0 Å². The molecule has 3 atom stereocenters. The van der Waals surface area contributed by atoms with Crippen molar-refractivity contribution in [1.82, 2.24) is 0 Å². The Hall–Kier alpha value is -1.67. The van der Waals surface area contributed by atoms with Gasteiger partial charge in [-0.05, 0) is 51.0 Å². The van der Waals surface area contributed by atoms with E-state index < -0.39 is 5.76 Å². The summed E-state index contributed by atoms with van der Waals surface area (Å²) in [6, 6.07) is 6.02. The molecule has 0 radical (unpaired) electrons. The summed E-state index contributed by atoms with van der Waals surface area (Å²) in [5.74, 6) is -2.98. The number of likely N-dealkylation sites (tertiary alicyclic amines) is 1. The number of piperidine rings is 1. The van der Waals surface area contributed by atoms with Crippen LogP contribution in [0.2, 0.25) is 0 Å². The van der Waals surface area contributed by atoms with E-state index in [9.17, 15) is 18.4 Å². The van der Waals surface area contributed by atoms with E-state index in [4.69, 9.17) is 4.74 Å². The third-order valence-corrected chi connectivity index (χ3v) is 5.25. The summed E-state index contributed by atoms with van der Waals surface area (Å²) in [4.78, 5) is 25.9. The lowest BCUT2D eigenvalue weighted by Gasteiger charge is -2.32. The van der Waals surface area contributed by atoms with Crippen LogP contribution >= 0.6 is 11.8 Å². The molecule has 0 aliphatic carbocycles. The van der Waals surface area contributed by atoms with Crippen molar-refractivity contribution < 1.29 is 28.0 Å². The monoisotopic (exact) mass is 387 g/mol. The fraction of sp³-hybridized carbons (Fsp3) is 0.556. The summed E-state index contributed by atoms with van der Waals surface area (Å²) in [6.07, 6.45) is 1.66. The first-order valence-electron chi connectivity index (χ1n) is 8.77. The number of anilines is 1. The van der Waals surface area contributed by atoms with Crippen molar-refractivity contribution in [2.24, 2.45) is 5.92 Å². The van der Waals surface area contributed by atoms with Crippen LogP contribution in [0.5, 0.6) is 0 Å². The van der Waals surface area contributed by atoms with Crippen LogP contribution in [0.3, 0.4) is 0 Å². The summed E-state index contributed by atoms with van der Waals surface area (Å²) in [6.45, 7) is 5.39. The maximum Gasteiger partial charge on any atom is 0.314 e. The molecular formula is C18H25F2N2O3S+. The molecule has 0 saturated carbocycles. The lowest BCUT2D eigenvalue weighted by Crippen LogP contribution is -3.18. The molecule has 1 heterocycles. The molecule has 1 saturated heterocycles. The zero-order chi connectivity index (χ0) is 19.1. The highest BCUT2D eigenvalue weighted by Crippen LogP contribution is 2.26. The summed E-state index contributed by atoms with van der Waals surface area (Å²) in [7, 11) is 0. The number of hydrogen-bond donors (Lipinski definition) is 2. The van der Waals surface area contributed by atoms with Crippen molar-refractivity contribution in [3.63, 3.8) is 0 Å². The van der Waals surface area contributed by atoms with Crippen LogP contribution in [0.15, 0.2) is 29.2 Å². The Kier molecular flexibility index (Phi) is 7.84. The number of ether oxygens (including phenoxy) is 1. The first kappa shape index (κ1) is 20.6. The Morgan fingerprint density at radius 3 is 2.65 bits per heavy atom. The van der Waals surface area contributed by atoms with E-state index in [-0.39, 0.29) is 23.8 Å². The number of alkyl halides is 2. The van der Waals surface area contributed by atoms with Crippen LogP contribution in [0.25, 0.3) is 0 Å². The van der Waals surface area contributed by atoms with Gasteiger partial charge in [0.2, 0.25) is 0 Å². The molecule has 1 fully saturated rings. The van der Waals surface area contributed by atoms with Gasteiger partial charge in [-0.1, -0.05) is 11.8 Å². The van der Waals surface area contributed by atoms with Crippen LogP contribution < -0.4 is 10.2 Å². The maximum atomic E-state index is 12.5. The molecular weight excluding hydrogens is 362 g/mol. The normalized spacial score (nSPS) is 21.3. The molecule has 1 unspecified atom stereocenters. The molecule has 1 aromatic carbocycles. The molecule has 1 aliphatic heterocycles. The standard InChI is InChI=1S/C18H24F2N2O3S/c1-3-25-17(24)13-5-4-10-22(11-13)12(2)16(23)21-14-6-8-15(9-7-14)26-18(19)20/h6-9,12-13,18H,3-5,10-11H2,1-2H3,(H,21,23)/p+1/t12-,13-/m0/s1. The second-order valence-corrected chi connectivity index (χ2v) is 7.38. The van der Waals surface area contributed by atoms with Crippen molar-refractivity contribution in [2.45, 2.75) is 43.4 Å². The summed E-state index contributed by atoms with van der Waals surface area (Å²) < 4.78 is 29.8. The molecule has 1 amide bonds. The number of benzene rings is 1. The number of nitrogens with one attached hydrogen (secondary N) is 2. The molecule has 144 valence electrons. The van der Waals surface area contributed by atoms with E-state index in [0.29, 0.717) is 35.5 Å². The molecule has 1 aliphatic rings. The highest BCUT2D eigenvalue weighted by molar-refractivity contribution is 7.99. The average Bonchev–Trinajstić information content (AvgIpc) is 2.62. The van der Waals surface area contributed by atoms with Gasteiger partial charge in [-0.15, -0.1) is 0 Å². The number of esters is 1. The summed E-state index contributed by atoms with van der Waals surface area (Å²) in [5.41, 5.74) is 0.568. The Labute approximate surface area is 156 Å². The van der Waals surface area contributed by atoms with Gasteiger partial charge in [0.1, 0.15) is 5.92 Å². The number of carbonyl (C=O) groups is 2. The van der Waals surface area contributed by atoms with E-state index in [0.717, 1.165) is 24.3 Å². The van der Waals surface area contributed by atoms with Gasteiger partial charge in [-0.2, -0.15) is 8.78 Å². The minimum atomic E-state index is -2.47. The molecule has 1 aromatic rings. The number of amides is 1. The van der Waals surface area contributed by atoms with Crippen molar-refractivity contribution in [3.05, 3.63) is 24.3 Å². The zero-order valence-corrected chi connectivity index (χ0v) is 15.8. The van der Waals surface area contributed by atoms with Gasteiger partial charge in [-0.3, -0.25) is 9.59 Å². The molecule has 0 spiro atoms. The Bertz CT molecular complexity index is 613. The molecule has 0 bridgehead atoms. The van der Waals surface area contributed by atoms with Crippen LogP contribution in [0.4, 0.5) is 14.5 Å². The third-order valence-electron chi connectivity index (χ3n) is 4.53. The van der Waals surface area contributed by atoms with E-state index in [1.165, 1.54) is 0 Å². The summed E-state index contributed by atoms with van der Waals surface area (Å²) in [5, 5.41) is 2.82. The third kappa shape index (κ3) is 5.95. The topological polar surface area (TPSA) is 59.8 Å². The van der Waals surface area contributed by atoms with Gasteiger partial charge in [0.15, 0.2) is 6.04 Å². The fourth-order valence-corrected chi connectivity index (χ4v) is 3.61. The second-order valence-electron chi connectivity index (χ2n) is 6.32. The van der Waals surface area contributed by atoms with Gasteiger partial charge in [0.25, 0.3) is 11.7 Å². The van der Waals surface area contributed by atoms with Gasteiger partial charge < -0.3 is 15.0 Å². The van der Waals surface area contributed by atoms with Crippen LogP contribution in [-0.2, 0) is 14.3 Å². The highest BCUT2D eigenvalue weighted by Gasteiger charge is 2.34. The van der Waals surface area contributed by atoms with E-state index in [1.54, 1.807) is 31.2 Å². The number of carbonyl (C=O) groups excluding carboxylic acids is 2. The Balaban J connectivity index is 1.91. The average molecular weight is 387 g/mol. The highest BCUT2D eigenvalue weighted by atomic mass is 32.2. The zero-order valence-electron chi connectivity index (χ0n) is 15.0. The fourth-order valence-electron chi connectivity index (χ4n) is 3.11. The number of thioether (sulfide) groups is 1. The number of halogens is 2. The lowest BCUT2D eigenvalue weighted by atomic mass is 9.97. The number of quaternary nitrogens is 1. The molecule has 8 heteroatoms. The lowest BCUT2D eigenvalue weighted by molar-refractivity contribution is -0.921. The van der Waals surface area contributed by atoms with E-state index >= 15 is 0 Å². The quantitative estimate of drug-likeness (QED) is 0.556. The largest absolute Gasteiger partial charge is 0.466 e. The Morgan fingerprint density at radius 2 is 2.04 bits per heavy atom. The first-order valence-corrected chi connectivity index (χ1v) is 9.65. The maximum absolute atomic E-state index is 12.5. The van der Waals surface area contributed by atoms with Gasteiger partial charge in [-0.25, -0.2) is 0 Å². The van der Waals surface area contributed by atoms with Crippen LogP contribution in [0, 0.1) is 5.92 Å². The molecule has 0 aromatic heterocycles. The SMILES string of the molecule is CCOC(=O)[C@H]1CCC[NH+]([C@@H](C)C(=O)Nc2ccc(SC(F)F)cc2)C1. The summed E-state index contributed by atoms with van der Waals surface area (Å²) >= 11 is 0.468. The van der Waals surface area contributed by atoms with Crippen LogP contribution in [0.1, 0.15) is 26.7 Å². The van der Waals surface area contributed by atoms with E-state index in [1.807, 2.05) is 6.92 Å². The van der Waals surface area contributed by atoms with Crippen molar-refractivity contribution >= 4 is 29.3 Å². The minimum Gasteiger partial charge on any atom is -0.466 e. The molecule has 2 N–H and O–H groups in total.